The van der Waals surface area contributed by atoms with Crippen molar-refractivity contribution in [2.75, 3.05) is 25.0 Å². The first-order valence-electron chi connectivity index (χ1n) is 10.5. The summed E-state index contributed by atoms with van der Waals surface area (Å²) < 4.78 is 6.97. The number of carbonyl (C=O) groups excluding carboxylic acids is 1. The van der Waals surface area contributed by atoms with E-state index >= 15 is 0 Å². The maximum Gasteiger partial charge on any atom is 0.254 e. The van der Waals surface area contributed by atoms with Crippen LogP contribution >= 0.6 is 11.3 Å². The minimum atomic E-state index is -0.257. The van der Waals surface area contributed by atoms with E-state index in [9.17, 15) is 4.79 Å². The number of morpholine rings is 1. The molecule has 7 nitrogen and oxygen atoms in total. The number of aryl methyl sites for hydroxylation is 2. The fourth-order valence-electron chi connectivity index (χ4n) is 3.79. The molecule has 0 bridgehead atoms. The number of ether oxygens (including phenoxy) is 1. The summed E-state index contributed by atoms with van der Waals surface area (Å²) >= 11 is 1.60. The van der Waals surface area contributed by atoms with Crippen molar-refractivity contribution in [3.05, 3.63) is 76.7 Å². The molecule has 0 spiro atoms. The van der Waals surface area contributed by atoms with E-state index in [0.29, 0.717) is 25.3 Å². The number of nitrogens with one attached hydrogen (secondary N) is 1. The highest BCUT2D eigenvalue weighted by atomic mass is 32.1. The van der Waals surface area contributed by atoms with Crippen molar-refractivity contribution in [2.24, 2.45) is 0 Å². The van der Waals surface area contributed by atoms with E-state index < -0.39 is 0 Å². The van der Waals surface area contributed by atoms with Crippen molar-refractivity contribution in [3.63, 3.8) is 0 Å². The number of amides is 1. The largest absolute Gasteiger partial charge is 0.368 e. The van der Waals surface area contributed by atoms with E-state index in [1.54, 1.807) is 23.7 Å². The maximum absolute atomic E-state index is 13.1. The van der Waals surface area contributed by atoms with Crippen molar-refractivity contribution in [2.45, 2.75) is 20.0 Å². The number of carbonyl (C=O) groups is 1. The zero-order valence-corrected chi connectivity index (χ0v) is 18.7. The zero-order chi connectivity index (χ0) is 22.1. The highest BCUT2D eigenvalue weighted by Gasteiger charge is 2.27. The summed E-state index contributed by atoms with van der Waals surface area (Å²) in [6.07, 6.45) is 3.27. The van der Waals surface area contributed by atoms with E-state index in [2.05, 4.69) is 20.3 Å². The van der Waals surface area contributed by atoms with Crippen LogP contribution in [0.1, 0.15) is 32.7 Å². The number of rotatable bonds is 4. The maximum atomic E-state index is 13.1. The second kappa shape index (κ2) is 8.64. The molecule has 1 atom stereocenters. The van der Waals surface area contributed by atoms with Gasteiger partial charge < -0.3 is 15.0 Å². The monoisotopic (exact) mass is 445 g/mol. The van der Waals surface area contributed by atoms with Gasteiger partial charge in [0.1, 0.15) is 11.9 Å². The first-order valence-corrected chi connectivity index (χ1v) is 11.3. The zero-order valence-electron chi connectivity index (χ0n) is 17.9. The summed E-state index contributed by atoms with van der Waals surface area (Å²) in [6.45, 7) is 5.50. The smallest absolute Gasteiger partial charge is 0.254 e. The second-order valence-corrected chi connectivity index (χ2v) is 9.03. The third-order valence-electron chi connectivity index (χ3n) is 5.48. The predicted octanol–water partition coefficient (Wildman–Crippen LogP) is 4.66. The fraction of sp³-hybridized carbons (Fsp3) is 0.250. The third-order valence-corrected chi connectivity index (χ3v) is 6.42. The van der Waals surface area contributed by atoms with Crippen LogP contribution in [0, 0.1) is 13.8 Å². The van der Waals surface area contributed by atoms with Crippen LogP contribution in [0.3, 0.4) is 0 Å². The number of aromatic nitrogens is 3. The molecule has 4 heterocycles. The Hall–Kier alpha value is -3.36. The lowest BCUT2D eigenvalue weighted by Gasteiger charge is -2.32. The molecule has 32 heavy (non-hydrogen) atoms. The number of hydrogen-bond acceptors (Lipinski definition) is 7. The third kappa shape index (κ3) is 4.19. The average molecular weight is 446 g/mol. The van der Waals surface area contributed by atoms with Gasteiger partial charge >= 0.3 is 0 Å². The number of fused-ring (bicyclic) bond motifs is 1. The highest BCUT2D eigenvalue weighted by molar-refractivity contribution is 7.18. The van der Waals surface area contributed by atoms with Gasteiger partial charge in [0.25, 0.3) is 5.91 Å². The minimum absolute atomic E-state index is 0.00941. The van der Waals surface area contributed by atoms with Crippen molar-refractivity contribution in [1.82, 2.24) is 19.9 Å². The lowest BCUT2D eigenvalue weighted by molar-refractivity contribution is -0.0247. The summed E-state index contributed by atoms with van der Waals surface area (Å²) in [5.41, 5.74) is 4.34. The SMILES string of the molecule is Cc1nc2ccc(C(=O)N3CCOC(c4ccc(Nc5ncccc5C)cn4)C3)cc2s1. The number of nitrogens with zero attached hydrogens (tertiary/aromatic N) is 4. The number of thiazole rings is 1. The lowest BCUT2D eigenvalue weighted by atomic mass is 10.1. The molecule has 1 N–H and O–H groups in total. The number of hydrogen-bond donors (Lipinski definition) is 1. The van der Waals surface area contributed by atoms with Crippen molar-refractivity contribution in [1.29, 1.82) is 0 Å². The molecule has 0 radical (unpaired) electrons. The van der Waals surface area contributed by atoms with Gasteiger partial charge in [-0.15, -0.1) is 11.3 Å². The van der Waals surface area contributed by atoms with Crippen LogP contribution in [0.25, 0.3) is 10.2 Å². The molecule has 0 aliphatic carbocycles. The molecule has 1 fully saturated rings. The minimum Gasteiger partial charge on any atom is -0.368 e. The molecular weight excluding hydrogens is 422 g/mol. The number of benzene rings is 1. The molecule has 1 aliphatic rings. The molecule has 8 heteroatoms. The Bertz CT molecular complexity index is 1270. The summed E-state index contributed by atoms with van der Waals surface area (Å²) in [5.74, 6) is 0.816. The van der Waals surface area contributed by atoms with Gasteiger partial charge in [0.05, 0.1) is 46.0 Å². The van der Waals surface area contributed by atoms with Crippen LogP contribution in [0.2, 0.25) is 0 Å². The van der Waals surface area contributed by atoms with Crippen LogP contribution in [-0.2, 0) is 4.74 Å². The lowest BCUT2D eigenvalue weighted by Crippen LogP contribution is -2.42. The summed E-state index contributed by atoms with van der Waals surface area (Å²) in [6, 6.07) is 13.5. The Kier molecular flexibility index (Phi) is 5.55. The van der Waals surface area contributed by atoms with Crippen molar-refractivity contribution >= 4 is 39.0 Å². The van der Waals surface area contributed by atoms with Gasteiger partial charge in [0.2, 0.25) is 0 Å². The molecule has 162 valence electrons. The van der Waals surface area contributed by atoms with E-state index in [0.717, 1.165) is 38.0 Å². The molecule has 1 amide bonds. The van der Waals surface area contributed by atoms with E-state index in [1.807, 2.05) is 61.2 Å². The van der Waals surface area contributed by atoms with Crippen LogP contribution < -0.4 is 5.32 Å². The van der Waals surface area contributed by atoms with Gasteiger partial charge in [-0.1, -0.05) is 6.07 Å². The quantitative estimate of drug-likeness (QED) is 0.492. The molecule has 0 saturated carbocycles. The van der Waals surface area contributed by atoms with Gasteiger partial charge in [0, 0.05) is 18.3 Å². The molecule has 1 unspecified atom stereocenters. The molecule has 1 saturated heterocycles. The first-order chi connectivity index (χ1) is 15.6. The van der Waals surface area contributed by atoms with Crippen molar-refractivity contribution in [3.8, 4) is 0 Å². The van der Waals surface area contributed by atoms with Crippen LogP contribution in [0.15, 0.2) is 54.9 Å². The molecular formula is C24H23N5O2S. The summed E-state index contributed by atoms with van der Waals surface area (Å²) in [7, 11) is 0. The van der Waals surface area contributed by atoms with Crippen LogP contribution in [-0.4, -0.2) is 45.5 Å². The standard InChI is InChI=1S/C24H23N5O2S/c1-15-4-3-9-25-23(15)28-18-6-8-19(26-13-18)21-14-29(10-11-31-21)24(30)17-5-7-20-22(12-17)32-16(2)27-20/h3-9,12-13,21H,10-11,14H2,1-2H3,(H,25,28). The van der Waals surface area contributed by atoms with E-state index in [1.165, 1.54) is 0 Å². The Morgan fingerprint density at radius 1 is 1.19 bits per heavy atom. The van der Waals surface area contributed by atoms with Gasteiger partial charge in [-0.3, -0.25) is 9.78 Å². The highest BCUT2D eigenvalue weighted by Crippen LogP contribution is 2.26. The van der Waals surface area contributed by atoms with Gasteiger partial charge in [0.15, 0.2) is 0 Å². The van der Waals surface area contributed by atoms with E-state index in [-0.39, 0.29) is 12.0 Å². The van der Waals surface area contributed by atoms with Gasteiger partial charge in [-0.05, 0) is 55.8 Å². The van der Waals surface area contributed by atoms with Crippen molar-refractivity contribution < 1.29 is 9.53 Å². The Labute approximate surface area is 190 Å². The molecule has 3 aromatic heterocycles. The first kappa shape index (κ1) is 20.5. The second-order valence-electron chi connectivity index (χ2n) is 7.79. The van der Waals surface area contributed by atoms with E-state index in [4.69, 9.17) is 4.74 Å². The molecule has 1 aliphatic heterocycles. The van der Waals surface area contributed by atoms with Gasteiger partial charge in [-0.25, -0.2) is 9.97 Å². The average Bonchev–Trinajstić information content (AvgIpc) is 3.20. The molecule has 4 aromatic rings. The number of anilines is 2. The summed E-state index contributed by atoms with van der Waals surface area (Å²) in [4.78, 5) is 28.4. The van der Waals surface area contributed by atoms with Crippen LogP contribution in [0.5, 0.6) is 0 Å². The topological polar surface area (TPSA) is 80.2 Å². The van der Waals surface area contributed by atoms with Gasteiger partial charge in [-0.2, -0.15) is 0 Å². The molecule has 1 aromatic carbocycles. The summed E-state index contributed by atoms with van der Waals surface area (Å²) in [5, 5.41) is 4.28. The predicted molar refractivity (Wildman–Crippen MR) is 125 cm³/mol. The normalized spacial score (nSPS) is 16.3. The Morgan fingerprint density at radius 3 is 2.91 bits per heavy atom. The number of pyridine rings is 2. The van der Waals surface area contributed by atoms with Crippen LogP contribution in [0.4, 0.5) is 11.5 Å². The fourth-order valence-corrected chi connectivity index (χ4v) is 4.66. The Morgan fingerprint density at radius 2 is 2.09 bits per heavy atom. The molecule has 5 rings (SSSR count). The Balaban J connectivity index is 1.28.